The third-order valence-electron chi connectivity index (χ3n) is 8.46. The van der Waals surface area contributed by atoms with Gasteiger partial charge >= 0.3 is 0 Å². The molecule has 6 aromatic rings. The summed E-state index contributed by atoms with van der Waals surface area (Å²) in [4.78, 5) is 0. The second kappa shape index (κ2) is 13.0. The quantitative estimate of drug-likeness (QED) is 0.168. The number of rotatable bonds is 9. The molecule has 0 aliphatic rings. The van der Waals surface area contributed by atoms with Gasteiger partial charge < -0.3 is 9.88 Å². The van der Waals surface area contributed by atoms with Crippen LogP contribution in [0.5, 0.6) is 0 Å². The van der Waals surface area contributed by atoms with Crippen LogP contribution in [-0.4, -0.2) is 4.57 Å². The molecule has 0 amide bonds. The van der Waals surface area contributed by atoms with Crippen LogP contribution in [-0.2, 0) is 0 Å². The molecule has 0 radical (unpaired) electrons. The lowest BCUT2D eigenvalue weighted by Gasteiger charge is -2.10. The molecule has 0 saturated carbocycles. The molecule has 0 atom stereocenters. The topological polar surface area (TPSA) is 17.0 Å². The van der Waals surface area contributed by atoms with Crippen LogP contribution in [0.15, 0.2) is 153 Å². The van der Waals surface area contributed by atoms with Gasteiger partial charge in [0.2, 0.25) is 0 Å². The molecule has 1 aromatic heterocycles. The summed E-state index contributed by atoms with van der Waals surface area (Å²) in [5.41, 5.74) is 14.0. The number of fused-ring (bicyclic) bond motifs is 3. The summed E-state index contributed by atoms with van der Waals surface area (Å²) >= 11 is 0. The van der Waals surface area contributed by atoms with Crippen molar-refractivity contribution in [1.82, 2.24) is 4.57 Å². The Hall–Kier alpha value is -5.60. The van der Waals surface area contributed by atoms with Gasteiger partial charge in [0.1, 0.15) is 0 Å². The predicted octanol–water partition coefficient (Wildman–Crippen LogP) is 12.5. The van der Waals surface area contributed by atoms with Gasteiger partial charge in [-0.25, -0.2) is 0 Å². The Morgan fingerprint density at radius 1 is 0.622 bits per heavy atom. The van der Waals surface area contributed by atoms with Crippen LogP contribution < -0.4 is 5.32 Å². The molecule has 0 aliphatic carbocycles. The fourth-order valence-electron chi connectivity index (χ4n) is 5.89. The van der Waals surface area contributed by atoms with Crippen molar-refractivity contribution in [3.63, 3.8) is 0 Å². The first-order chi connectivity index (χ1) is 22.0. The SMILES string of the molecule is C=C/C=C\C(=C/C)c1ccc(Nc2ccc(-c3ccc4c(c3)c3cc(-c5ccc(C=C)cc5)ccc3n4/C(C)=C/C)cc2)cc1. The van der Waals surface area contributed by atoms with Crippen molar-refractivity contribution in [3.8, 4) is 22.3 Å². The molecule has 2 nitrogen and oxygen atoms in total. The second-order valence-corrected chi connectivity index (χ2v) is 11.2. The number of aromatic nitrogens is 1. The van der Waals surface area contributed by atoms with E-state index in [0.717, 1.165) is 16.9 Å². The fraction of sp³-hybridized carbons (Fsp3) is 0.0698. The molecule has 0 saturated heterocycles. The zero-order valence-electron chi connectivity index (χ0n) is 26.2. The molecule has 6 rings (SSSR count). The highest BCUT2D eigenvalue weighted by atomic mass is 15.0. The molecule has 0 spiro atoms. The van der Waals surface area contributed by atoms with Gasteiger partial charge in [-0.05, 0) is 108 Å². The molecule has 1 heterocycles. The monoisotopic (exact) mass is 582 g/mol. The molecular formula is C43H38N2. The highest BCUT2D eigenvalue weighted by molar-refractivity contribution is 6.12. The second-order valence-electron chi connectivity index (χ2n) is 11.2. The number of hydrogen-bond acceptors (Lipinski definition) is 1. The number of hydrogen-bond donors (Lipinski definition) is 1. The highest BCUT2D eigenvalue weighted by Gasteiger charge is 2.14. The predicted molar refractivity (Wildman–Crippen MR) is 199 cm³/mol. The molecule has 0 unspecified atom stereocenters. The average Bonchev–Trinajstić information content (AvgIpc) is 3.42. The van der Waals surface area contributed by atoms with E-state index in [0.29, 0.717) is 0 Å². The molecule has 220 valence electrons. The Morgan fingerprint density at radius 3 is 1.62 bits per heavy atom. The average molecular weight is 583 g/mol. The number of nitrogens with one attached hydrogen (secondary N) is 1. The highest BCUT2D eigenvalue weighted by Crippen LogP contribution is 2.37. The maximum absolute atomic E-state index is 3.89. The van der Waals surface area contributed by atoms with Crippen molar-refractivity contribution in [2.24, 2.45) is 0 Å². The van der Waals surface area contributed by atoms with Crippen molar-refractivity contribution < 1.29 is 0 Å². The fourth-order valence-corrected chi connectivity index (χ4v) is 5.89. The number of benzene rings is 5. The van der Waals surface area contributed by atoms with Crippen LogP contribution in [0.2, 0.25) is 0 Å². The first-order valence-electron chi connectivity index (χ1n) is 15.4. The first-order valence-corrected chi connectivity index (χ1v) is 15.4. The minimum absolute atomic E-state index is 1.05. The van der Waals surface area contributed by atoms with Crippen LogP contribution in [0.4, 0.5) is 11.4 Å². The van der Waals surface area contributed by atoms with Crippen molar-refractivity contribution in [1.29, 1.82) is 0 Å². The Kier molecular flexibility index (Phi) is 8.48. The molecule has 1 N–H and O–H groups in total. The minimum Gasteiger partial charge on any atom is -0.356 e. The summed E-state index contributed by atoms with van der Waals surface area (Å²) in [6.07, 6.45) is 12.0. The summed E-state index contributed by atoms with van der Waals surface area (Å²) in [7, 11) is 0. The summed E-state index contributed by atoms with van der Waals surface area (Å²) in [6.45, 7) is 14.0. The smallest absolute Gasteiger partial charge is 0.0538 e. The van der Waals surface area contributed by atoms with Gasteiger partial charge in [0, 0.05) is 27.8 Å². The lowest BCUT2D eigenvalue weighted by Crippen LogP contribution is -1.93. The van der Waals surface area contributed by atoms with Crippen molar-refractivity contribution in [2.45, 2.75) is 20.8 Å². The molecule has 45 heavy (non-hydrogen) atoms. The third-order valence-corrected chi connectivity index (χ3v) is 8.46. The van der Waals surface area contributed by atoms with Gasteiger partial charge in [0.25, 0.3) is 0 Å². The Balaban J connectivity index is 1.32. The first kappa shape index (κ1) is 29.5. The number of allylic oxidation sites excluding steroid dienone is 7. The molecule has 2 heteroatoms. The summed E-state index contributed by atoms with van der Waals surface area (Å²) in [5, 5.41) is 6.05. The maximum Gasteiger partial charge on any atom is 0.0538 e. The van der Waals surface area contributed by atoms with Crippen molar-refractivity contribution in [3.05, 3.63) is 164 Å². The Morgan fingerprint density at radius 2 is 1.13 bits per heavy atom. The van der Waals surface area contributed by atoms with E-state index in [-0.39, 0.29) is 0 Å². The molecule has 5 aromatic carbocycles. The van der Waals surface area contributed by atoms with E-state index in [1.807, 2.05) is 12.2 Å². The van der Waals surface area contributed by atoms with Gasteiger partial charge in [-0.2, -0.15) is 0 Å². The largest absolute Gasteiger partial charge is 0.356 e. The van der Waals surface area contributed by atoms with E-state index in [2.05, 4.69) is 171 Å². The molecule has 0 bridgehead atoms. The van der Waals surface area contributed by atoms with Gasteiger partial charge in [-0.3, -0.25) is 0 Å². The third kappa shape index (κ3) is 5.96. The normalized spacial score (nSPS) is 12.2. The van der Waals surface area contributed by atoms with E-state index in [1.54, 1.807) is 6.08 Å². The summed E-state index contributed by atoms with van der Waals surface area (Å²) < 4.78 is 2.37. The van der Waals surface area contributed by atoms with Gasteiger partial charge in [-0.1, -0.05) is 110 Å². The van der Waals surface area contributed by atoms with E-state index >= 15 is 0 Å². The van der Waals surface area contributed by atoms with E-state index < -0.39 is 0 Å². The van der Waals surface area contributed by atoms with E-state index in [1.165, 1.54) is 60.9 Å². The van der Waals surface area contributed by atoms with Crippen molar-refractivity contribution >= 4 is 50.5 Å². The van der Waals surface area contributed by atoms with Crippen molar-refractivity contribution in [2.75, 3.05) is 5.32 Å². The maximum atomic E-state index is 3.89. The van der Waals surface area contributed by atoms with Crippen LogP contribution in [0.3, 0.4) is 0 Å². The van der Waals surface area contributed by atoms with Crippen LogP contribution in [0.1, 0.15) is 31.9 Å². The van der Waals surface area contributed by atoms with E-state index in [4.69, 9.17) is 0 Å². The van der Waals surface area contributed by atoms with E-state index in [9.17, 15) is 0 Å². The minimum atomic E-state index is 1.05. The standard InChI is InChI=1S/C43H38N2/c1-6-10-11-32(9-4)33-16-22-38(23-17-33)44-39-24-18-35(19-25-39)37-21-27-43-41(29-37)40-28-36(34-14-12-31(8-3)13-15-34)20-26-42(40)45(43)30(5)7-2/h6-29,44H,1,3H2,2,4-5H3/b11-10-,30-7+,32-9+. The molecule has 0 fully saturated rings. The summed E-state index contributed by atoms with van der Waals surface area (Å²) in [6, 6.07) is 39.4. The zero-order valence-corrected chi connectivity index (χ0v) is 26.2. The summed E-state index contributed by atoms with van der Waals surface area (Å²) in [5.74, 6) is 0. The number of nitrogens with zero attached hydrogens (tertiary/aromatic N) is 1. The van der Waals surface area contributed by atoms with Gasteiger partial charge in [0.15, 0.2) is 0 Å². The van der Waals surface area contributed by atoms with Crippen LogP contribution in [0, 0.1) is 0 Å². The van der Waals surface area contributed by atoms with Gasteiger partial charge in [0.05, 0.1) is 11.0 Å². The van der Waals surface area contributed by atoms with Gasteiger partial charge in [-0.15, -0.1) is 0 Å². The van der Waals surface area contributed by atoms with Crippen LogP contribution >= 0.6 is 0 Å². The zero-order chi connectivity index (χ0) is 31.3. The Bertz CT molecular complexity index is 2100. The lowest BCUT2D eigenvalue weighted by atomic mass is 9.99. The molecule has 0 aliphatic heterocycles. The Labute approximate surface area is 266 Å². The van der Waals surface area contributed by atoms with Crippen LogP contribution in [0.25, 0.3) is 61.4 Å². The number of anilines is 2. The lowest BCUT2D eigenvalue weighted by molar-refractivity contribution is 1.19. The molecular weight excluding hydrogens is 544 g/mol.